The maximum Gasteiger partial charge on any atom is 0.178 e. The summed E-state index contributed by atoms with van der Waals surface area (Å²) in [6.45, 7) is 1.92. The first-order valence-electron chi connectivity index (χ1n) is 9.69. The second-order valence-corrected chi connectivity index (χ2v) is 7.70. The molecule has 0 atom stereocenters. The molecule has 0 amide bonds. The van der Waals surface area contributed by atoms with Gasteiger partial charge in [-0.1, -0.05) is 0 Å². The Balaban J connectivity index is 1.34. The van der Waals surface area contributed by atoms with Gasteiger partial charge in [0.25, 0.3) is 0 Å². The Bertz CT molecular complexity index is 971. The number of nitrogens with zero attached hydrogens (tertiary/aromatic N) is 8. The van der Waals surface area contributed by atoms with Crippen molar-refractivity contribution in [1.82, 2.24) is 30.0 Å². The predicted molar refractivity (Wildman–Crippen MR) is 103 cm³/mol. The van der Waals surface area contributed by atoms with Crippen molar-refractivity contribution < 1.29 is 0 Å². The molecule has 27 heavy (non-hydrogen) atoms. The highest BCUT2D eigenvalue weighted by atomic mass is 15.4. The molecule has 1 aliphatic heterocycles. The van der Waals surface area contributed by atoms with Crippen LogP contribution in [0.15, 0.2) is 18.2 Å². The van der Waals surface area contributed by atoms with E-state index in [1.54, 1.807) is 0 Å². The third-order valence-electron chi connectivity index (χ3n) is 5.72. The van der Waals surface area contributed by atoms with Crippen LogP contribution in [-0.4, -0.2) is 57.2 Å². The lowest BCUT2D eigenvalue weighted by Crippen LogP contribution is -2.34. The molecule has 140 valence electrons. The lowest BCUT2D eigenvalue weighted by Gasteiger charge is -2.31. The van der Waals surface area contributed by atoms with E-state index in [0.29, 0.717) is 5.92 Å². The van der Waals surface area contributed by atoms with Gasteiger partial charge in [0, 0.05) is 33.1 Å². The van der Waals surface area contributed by atoms with Gasteiger partial charge in [-0.2, -0.15) is 9.61 Å². The van der Waals surface area contributed by atoms with Crippen LogP contribution in [0, 0.1) is 0 Å². The lowest BCUT2D eigenvalue weighted by molar-refractivity contribution is 0.474. The topological polar surface area (TPSA) is 75.3 Å². The van der Waals surface area contributed by atoms with Crippen molar-refractivity contribution in [3.8, 4) is 0 Å². The normalized spacial score (nSPS) is 17.5. The maximum absolute atomic E-state index is 4.71. The van der Waals surface area contributed by atoms with E-state index >= 15 is 0 Å². The van der Waals surface area contributed by atoms with Crippen LogP contribution in [0.1, 0.15) is 42.3 Å². The molecular formula is C19H24N8. The van der Waals surface area contributed by atoms with Crippen molar-refractivity contribution in [2.45, 2.75) is 38.0 Å². The van der Waals surface area contributed by atoms with Crippen LogP contribution in [0.4, 0.5) is 11.6 Å². The Morgan fingerprint density at radius 3 is 2.67 bits per heavy atom. The van der Waals surface area contributed by atoms with Gasteiger partial charge in [-0.25, -0.2) is 0 Å². The van der Waals surface area contributed by atoms with Crippen LogP contribution in [0.2, 0.25) is 0 Å². The molecule has 4 heterocycles. The van der Waals surface area contributed by atoms with Gasteiger partial charge in [0.2, 0.25) is 0 Å². The van der Waals surface area contributed by atoms with Gasteiger partial charge in [-0.3, -0.25) is 0 Å². The summed E-state index contributed by atoms with van der Waals surface area (Å²) in [4.78, 5) is 4.35. The number of hydrogen-bond donors (Lipinski definition) is 0. The highest BCUT2D eigenvalue weighted by Crippen LogP contribution is 2.30. The molecule has 1 fully saturated rings. The second kappa shape index (κ2) is 6.44. The summed E-state index contributed by atoms with van der Waals surface area (Å²) >= 11 is 0. The molecule has 0 unspecified atom stereocenters. The first-order valence-corrected chi connectivity index (χ1v) is 9.69. The predicted octanol–water partition coefficient (Wildman–Crippen LogP) is 1.85. The van der Waals surface area contributed by atoms with Gasteiger partial charge < -0.3 is 9.80 Å². The average Bonchev–Trinajstić information content (AvgIpc) is 3.33. The maximum atomic E-state index is 4.71. The van der Waals surface area contributed by atoms with Crippen LogP contribution in [-0.2, 0) is 12.8 Å². The highest BCUT2D eigenvalue weighted by Gasteiger charge is 2.27. The zero-order valence-electron chi connectivity index (χ0n) is 15.8. The Morgan fingerprint density at radius 1 is 1.00 bits per heavy atom. The summed E-state index contributed by atoms with van der Waals surface area (Å²) in [6.07, 6.45) is 5.46. The first-order chi connectivity index (χ1) is 13.2. The summed E-state index contributed by atoms with van der Waals surface area (Å²) < 4.78 is 1.91. The lowest BCUT2D eigenvalue weighted by atomic mass is 9.96. The van der Waals surface area contributed by atoms with Crippen molar-refractivity contribution in [3.63, 3.8) is 0 Å². The van der Waals surface area contributed by atoms with Gasteiger partial charge in [-0.05, 0) is 55.9 Å². The molecule has 0 spiro atoms. The number of aryl methyl sites for hydroxylation is 2. The van der Waals surface area contributed by atoms with E-state index in [9.17, 15) is 0 Å². The smallest absolute Gasteiger partial charge is 0.178 e. The molecule has 5 rings (SSSR count). The summed E-state index contributed by atoms with van der Waals surface area (Å²) in [5, 5.41) is 22.4. The quantitative estimate of drug-likeness (QED) is 0.702. The summed E-state index contributed by atoms with van der Waals surface area (Å²) in [5.74, 6) is 3.26. The largest absolute Gasteiger partial charge is 0.361 e. The first kappa shape index (κ1) is 16.4. The molecule has 2 aliphatic rings. The van der Waals surface area contributed by atoms with E-state index in [2.05, 4.69) is 31.4 Å². The van der Waals surface area contributed by atoms with E-state index in [0.717, 1.165) is 61.9 Å². The third-order valence-corrected chi connectivity index (χ3v) is 5.72. The van der Waals surface area contributed by atoms with E-state index < -0.39 is 0 Å². The number of aromatic nitrogens is 6. The fourth-order valence-electron chi connectivity index (χ4n) is 4.13. The fraction of sp³-hybridized carbons (Fsp3) is 0.526. The zero-order valence-corrected chi connectivity index (χ0v) is 15.8. The SMILES string of the molecule is CN(C)c1ccc2nnc(C3CCN(c4cc5c(nn4)CCC5)CC3)n2n1. The van der Waals surface area contributed by atoms with Gasteiger partial charge in [0.05, 0.1) is 5.69 Å². The second-order valence-electron chi connectivity index (χ2n) is 7.70. The van der Waals surface area contributed by atoms with Crippen LogP contribution < -0.4 is 9.80 Å². The number of rotatable bonds is 3. The summed E-state index contributed by atoms with van der Waals surface area (Å²) in [6, 6.07) is 6.20. The molecule has 0 aromatic carbocycles. The summed E-state index contributed by atoms with van der Waals surface area (Å²) in [5.41, 5.74) is 3.37. The van der Waals surface area contributed by atoms with Crippen molar-refractivity contribution in [3.05, 3.63) is 35.3 Å². The standard InChI is InChI=1S/C19H24N8/c1-25(2)17-7-6-16-21-23-19(27(16)24-17)13-8-10-26(11-9-13)18-12-14-4-3-5-15(14)20-22-18/h6-7,12-13H,3-5,8-11H2,1-2H3. The molecule has 1 saturated heterocycles. The minimum Gasteiger partial charge on any atom is -0.361 e. The number of piperidine rings is 1. The monoisotopic (exact) mass is 364 g/mol. The van der Waals surface area contributed by atoms with Crippen molar-refractivity contribution in [2.75, 3.05) is 37.0 Å². The molecular weight excluding hydrogens is 340 g/mol. The van der Waals surface area contributed by atoms with E-state index in [1.165, 1.54) is 17.7 Å². The number of hydrogen-bond acceptors (Lipinski definition) is 7. The van der Waals surface area contributed by atoms with Crippen LogP contribution >= 0.6 is 0 Å². The molecule has 0 saturated carbocycles. The molecule has 0 N–H and O–H groups in total. The average molecular weight is 364 g/mol. The van der Waals surface area contributed by atoms with E-state index in [1.807, 2.05) is 35.6 Å². The third kappa shape index (κ3) is 2.89. The highest BCUT2D eigenvalue weighted by molar-refractivity contribution is 5.46. The van der Waals surface area contributed by atoms with Gasteiger partial charge >= 0.3 is 0 Å². The van der Waals surface area contributed by atoms with Gasteiger partial charge in [0.1, 0.15) is 5.82 Å². The minimum absolute atomic E-state index is 0.364. The Kier molecular flexibility index (Phi) is 3.91. The molecule has 3 aromatic rings. The van der Waals surface area contributed by atoms with Gasteiger partial charge in [0.15, 0.2) is 17.3 Å². The number of anilines is 2. The molecule has 3 aromatic heterocycles. The Labute approximate surface area is 158 Å². The molecule has 8 nitrogen and oxygen atoms in total. The minimum atomic E-state index is 0.364. The Morgan fingerprint density at radius 2 is 1.85 bits per heavy atom. The Hall–Kier alpha value is -2.77. The zero-order chi connectivity index (χ0) is 18.4. The van der Waals surface area contributed by atoms with Crippen LogP contribution in [0.25, 0.3) is 5.65 Å². The van der Waals surface area contributed by atoms with Crippen molar-refractivity contribution >= 4 is 17.3 Å². The number of fused-ring (bicyclic) bond motifs is 2. The van der Waals surface area contributed by atoms with Crippen LogP contribution in [0.3, 0.4) is 0 Å². The molecule has 0 radical (unpaired) electrons. The van der Waals surface area contributed by atoms with Gasteiger partial charge in [-0.15, -0.1) is 20.4 Å². The summed E-state index contributed by atoms with van der Waals surface area (Å²) in [7, 11) is 3.99. The van der Waals surface area contributed by atoms with Crippen LogP contribution in [0.5, 0.6) is 0 Å². The molecule has 8 heteroatoms. The van der Waals surface area contributed by atoms with Crippen molar-refractivity contribution in [2.24, 2.45) is 0 Å². The fourth-order valence-corrected chi connectivity index (χ4v) is 4.13. The van der Waals surface area contributed by atoms with E-state index in [4.69, 9.17) is 5.10 Å². The molecule has 1 aliphatic carbocycles. The van der Waals surface area contributed by atoms with E-state index in [-0.39, 0.29) is 0 Å². The molecule has 0 bridgehead atoms. The van der Waals surface area contributed by atoms with Crippen molar-refractivity contribution in [1.29, 1.82) is 0 Å².